The molecule has 8 nitrogen and oxygen atoms in total. The molecule has 0 saturated carbocycles. The van der Waals surface area contributed by atoms with Crippen LogP contribution >= 0.6 is 0 Å². The molecular weight excluding hydrogens is 372 g/mol. The van der Waals surface area contributed by atoms with Crippen LogP contribution in [0.4, 0.5) is 5.69 Å². The summed E-state index contributed by atoms with van der Waals surface area (Å²) in [5, 5.41) is 19.0. The van der Waals surface area contributed by atoms with Gasteiger partial charge in [-0.05, 0) is 55.0 Å². The molecule has 8 heteroatoms. The molecule has 0 bridgehead atoms. The van der Waals surface area contributed by atoms with Gasteiger partial charge in [0.25, 0.3) is 5.91 Å². The summed E-state index contributed by atoms with van der Waals surface area (Å²) in [7, 11) is 0. The van der Waals surface area contributed by atoms with Crippen LogP contribution in [0.15, 0.2) is 48.5 Å². The molecule has 1 heterocycles. The molecule has 0 saturated heterocycles. The van der Waals surface area contributed by atoms with Crippen LogP contribution < -0.4 is 10.5 Å². The number of hydrogen-bond donors (Lipinski definition) is 3. The first-order valence-corrected chi connectivity index (χ1v) is 8.65. The summed E-state index contributed by atoms with van der Waals surface area (Å²) >= 11 is 0. The van der Waals surface area contributed by atoms with Gasteiger partial charge < -0.3 is 20.7 Å². The first-order valence-electron chi connectivity index (χ1n) is 8.65. The summed E-state index contributed by atoms with van der Waals surface area (Å²) in [5.41, 5.74) is 7.30. The number of nitrogens with two attached hydrogens (primary N) is 1. The Labute approximate surface area is 167 Å². The minimum atomic E-state index is -1.25. The molecule has 3 aromatic rings. The predicted molar refractivity (Wildman–Crippen MR) is 106 cm³/mol. The van der Waals surface area contributed by atoms with Gasteiger partial charge in [-0.3, -0.25) is 4.79 Å². The molecule has 2 aromatic carbocycles. The van der Waals surface area contributed by atoms with Crippen molar-refractivity contribution in [1.29, 1.82) is 0 Å². The number of amides is 1. The van der Waals surface area contributed by atoms with Crippen molar-refractivity contribution < 1.29 is 19.7 Å². The lowest BCUT2D eigenvalue weighted by Gasteiger charge is -2.11. The Bertz CT molecular complexity index is 1090. The Balaban J connectivity index is 1.88. The number of benzene rings is 2. The number of aromatic nitrogens is 2. The maximum absolute atomic E-state index is 11.5. The third-order valence-corrected chi connectivity index (χ3v) is 4.15. The van der Waals surface area contributed by atoms with Crippen LogP contribution in [0.3, 0.4) is 0 Å². The minimum Gasteiger partial charge on any atom is -0.457 e. The first kappa shape index (κ1) is 19.9. The molecule has 1 atom stereocenters. The summed E-state index contributed by atoms with van der Waals surface area (Å²) in [6.45, 7) is 8.38. The van der Waals surface area contributed by atoms with Crippen molar-refractivity contribution in [2.75, 3.05) is 6.61 Å². The molecule has 29 heavy (non-hydrogen) atoms. The standard InChI is InChI=1S/C21H18N4O4/c1-12-9-15(7-8-16(12)23-2)29-14-5-3-13(4-6-14)21-24-17(19(27)11-26)10-18(25-21)20(22)28/h3-10,19,26-27H,11H2,1H3,(H2,22,28)/t19-/m1/s1. The van der Waals surface area contributed by atoms with Gasteiger partial charge in [-0.1, -0.05) is 6.07 Å². The van der Waals surface area contributed by atoms with Crippen LogP contribution in [0.2, 0.25) is 0 Å². The Hall–Kier alpha value is -3.80. The fourth-order valence-electron chi connectivity index (χ4n) is 2.61. The van der Waals surface area contributed by atoms with Gasteiger partial charge in [0.1, 0.15) is 23.3 Å². The third kappa shape index (κ3) is 4.55. The molecule has 1 amide bonds. The van der Waals surface area contributed by atoms with Gasteiger partial charge in [-0.25, -0.2) is 14.8 Å². The highest BCUT2D eigenvalue weighted by molar-refractivity contribution is 5.91. The van der Waals surface area contributed by atoms with E-state index in [-0.39, 0.29) is 17.2 Å². The van der Waals surface area contributed by atoms with Crippen LogP contribution in [-0.4, -0.2) is 32.7 Å². The van der Waals surface area contributed by atoms with Crippen LogP contribution in [0.1, 0.15) is 27.8 Å². The highest BCUT2D eigenvalue weighted by atomic mass is 16.5. The average molecular weight is 390 g/mol. The van der Waals surface area contributed by atoms with Gasteiger partial charge in [0, 0.05) is 5.56 Å². The van der Waals surface area contributed by atoms with Crippen molar-refractivity contribution in [3.05, 3.63) is 76.9 Å². The smallest absolute Gasteiger partial charge is 0.267 e. The van der Waals surface area contributed by atoms with E-state index in [1.165, 1.54) is 6.07 Å². The van der Waals surface area contributed by atoms with E-state index >= 15 is 0 Å². The topological polar surface area (TPSA) is 123 Å². The molecule has 1 aromatic heterocycles. The highest BCUT2D eigenvalue weighted by Gasteiger charge is 2.15. The van der Waals surface area contributed by atoms with Crippen molar-refractivity contribution in [2.45, 2.75) is 13.0 Å². The second-order valence-electron chi connectivity index (χ2n) is 6.25. The maximum Gasteiger partial charge on any atom is 0.267 e. The number of nitrogens with zero attached hydrogens (tertiary/aromatic N) is 3. The molecule has 0 aliphatic heterocycles. The van der Waals surface area contributed by atoms with Crippen molar-refractivity contribution in [2.24, 2.45) is 5.73 Å². The van der Waals surface area contributed by atoms with Crippen molar-refractivity contribution in [3.8, 4) is 22.9 Å². The van der Waals surface area contributed by atoms with Crippen LogP contribution in [0.25, 0.3) is 16.2 Å². The zero-order valence-corrected chi connectivity index (χ0v) is 15.5. The highest BCUT2D eigenvalue weighted by Crippen LogP contribution is 2.29. The summed E-state index contributed by atoms with van der Waals surface area (Å²) < 4.78 is 5.80. The van der Waals surface area contributed by atoms with Gasteiger partial charge in [0.2, 0.25) is 0 Å². The fourth-order valence-corrected chi connectivity index (χ4v) is 2.61. The number of carbonyl (C=O) groups is 1. The van der Waals surface area contributed by atoms with Gasteiger partial charge in [-0.15, -0.1) is 0 Å². The predicted octanol–water partition coefficient (Wildman–Crippen LogP) is 2.92. The van der Waals surface area contributed by atoms with Crippen molar-refractivity contribution >= 4 is 11.6 Å². The minimum absolute atomic E-state index is 0.0619. The monoisotopic (exact) mass is 390 g/mol. The van der Waals surface area contributed by atoms with E-state index in [4.69, 9.17) is 22.1 Å². The molecule has 3 rings (SSSR count). The lowest BCUT2D eigenvalue weighted by Crippen LogP contribution is -2.16. The summed E-state index contributed by atoms with van der Waals surface area (Å²) in [6, 6.07) is 13.3. The number of aliphatic hydroxyl groups is 2. The number of aryl methyl sites for hydroxylation is 1. The lowest BCUT2D eigenvalue weighted by atomic mass is 10.1. The summed E-state index contributed by atoms with van der Waals surface area (Å²) in [4.78, 5) is 23.3. The first-order chi connectivity index (χ1) is 13.9. The van der Waals surface area contributed by atoms with Crippen LogP contribution in [0, 0.1) is 13.5 Å². The van der Waals surface area contributed by atoms with E-state index in [1.54, 1.807) is 42.5 Å². The molecule has 0 radical (unpaired) electrons. The van der Waals surface area contributed by atoms with Gasteiger partial charge >= 0.3 is 0 Å². The Morgan fingerprint density at radius 2 is 1.86 bits per heavy atom. The fraction of sp³-hybridized carbons (Fsp3) is 0.143. The lowest BCUT2D eigenvalue weighted by molar-refractivity contribution is 0.0916. The zero-order valence-electron chi connectivity index (χ0n) is 15.5. The number of rotatable bonds is 6. The number of ether oxygens (including phenoxy) is 1. The van der Waals surface area contributed by atoms with Crippen LogP contribution in [-0.2, 0) is 0 Å². The Morgan fingerprint density at radius 3 is 2.45 bits per heavy atom. The molecule has 0 spiro atoms. The Kier molecular flexibility index (Phi) is 5.83. The van der Waals surface area contributed by atoms with Crippen molar-refractivity contribution in [3.63, 3.8) is 0 Å². The average Bonchev–Trinajstić information content (AvgIpc) is 2.73. The maximum atomic E-state index is 11.5. The quantitative estimate of drug-likeness (QED) is 0.556. The zero-order chi connectivity index (χ0) is 21.0. The number of primary amides is 1. The Morgan fingerprint density at radius 1 is 1.17 bits per heavy atom. The molecule has 146 valence electrons. The third-order valence-electron chi connectivity index (χ3n) is 4.15. The van der Waals surface area contributed by atoms with E-state index in [1.807, 2.05) is 6.92 Å². The summed E-state index contributed by atoms with van der Waals surface area (Å²) in [5.74, 6) is 0.583. The number of carbonyl (C=O) groups excluding carboxylic acids is 1. The molecular formula is C21H18N4O4. The number of aliphatic hydroxyl groups excluding tert-OH is 2. The largest absolute Gasteiger partial charge is 0.457 e. The SMILES string of the molecule is [C-]#[N+]c1ccc(Oc2ccc(-c3nc(C(N)=O)cc([C@H](O)CO)n3)cc2)cc1C. The second kappa shape index (κ2) is 8.48. The summed E-state index contributed by atoms with van der Waals surface area (Å²) in [6.07, 6.45) is -1.25. The number of hydrogen-bond acceptors (Lipinski definition) is 6. The van der Waals surface area contributed by atoms with Crippen LogP contribution in [0.5, 0.6) is 11.5 Å². The van der Waals surface area contributed by atoms with Gasteiger partial charge in [0.05, 0.1) is 18.9 Å². The second-order valence-corrected chi connectivity index (χ2v) is 6.25. The van der Waals surface area contributed by atoms with E-state index in [0.717, 1.165) is 5.56 Å². The molecule has 0 aliphatic carbocycles. The molecule has 0 unspecified atom stereocenters. The molecule has 0 aliphatic rings. The normalized spacial score (nSPS) is 11.5. The van der Waals surface area contributed by atoms with E-state index in [9.17, 15) is 9.90 Å². The van der Waals surface area contributed by atoms with Crippen molar-refractivity contribution in [1.82, 2.24) is 9.97 Å². The molecule has 0 fully saturated rings. The molecule has 4 N–H and O–H groups in total. The van der Waals surface area contributed by atoms with E-state index in [0.29, 0.717) is 22.7 Å². The van der Waals surface area contributed by atoms with Gasteiger partial charge in [0.15, 0.2) is 11.5 Å². The van der Waals surface area contributed by atoms with Gasteiger partial charge in [-0.2, -0.15) is 0 Å². The van der Waals surface area contributed by atoms with E-state index in [2.05, 4.69) is 14.8 Å². The van der Waals surface area contributed by atoms with E-state index < -0.39 is 18.6 Å².